The molecule has 1 saturated carbocycles. The quantitative estimate of drug-likeness (QED) is 0.812. The second kappa shape index (κ2) is 6.23. The summed E-state index contributed by atoms with van der Waals surface area (Å²) in [6.45, 7) is 5.31. The Kier molecular flexibility index (Phi) is 4.38. The molecule has 1 atom stereocenters. The van der Waals surface area contributed by atoms with Crippen LogP contribution in [-0.2, 0) is 4.79 Å². The van der Waals surface area contributed by atoms with Crippen molar-refractivity contribution in [2.75, 3.05) is 32.7 Å². The van der Waals surface area contributed by atoms with Crippen molar-refractivity contribution in [1.82, 2.24) is 15.1 Å². The van der Waals surface area contributed by atoms with Crippen LogP contribution in [0.1, 0.15) is 44.9 Å². The lowest BCUT2D eigenvalue weighted by Gasteiger charge is -2.37. The predicted octanol–water partition coefficient (Wildman–Crippen LogP) is 1.22. The monoisotopic (exact) mass is 265 g/mol. The third kappa shape index (κ3) is 3.69. The maximum Gasteiger partial charge on any atom is 0.223 e. The maximum absolute atomic E-state index is 12.2. The number of nitrogens with one attached hydrogen (secondary N) is 1. The summed E-state index contributed by atoms with van der Waals surface area (Å²) in [6.07, 6.45) is 8.44. The summed E-state index contributed by atoms with van der Waals surface area (Å²) in [6, 6.07) is 1.35. The van der Waals surface area contributed by atoms with Crippen LogP contribution in [0.5, 0.6) is 0 Å². The number of carbonyl (C=O) groups is 1. The minimum absolute atomic E-state index is 0.358. The number of amides is 1. The predicted molar refractivity (Wildman–Crippen MR) is 76.1 cm³/mol. The van der Waals surface area contributed by atoms with Crippen LogP contribution in [-0.4, -0.2) is 60.5 Å². The van der Waals surface area contributed by atoms with E-state index in [0.717, 1.165) is 19.6 Å². The van der Waals surface area contributed by atoms with Gasteiger partial charge in [0.15, 0.2) is 0 Å². The average molecular weight is 265 g/mol. The number of likely N-dealkylation sites (tertiary alicyclic amines) is 2. The highest BCUT2D eigenvalue weighted by Crippen LogP contribution is 2.21. The summed E-state index contributed by atoms with van der Waals surface area (Å²) in [5.74, 6) is 0.358. The van der Waals surface area contributed by atoms with Crippen LogP contribution in [0.15, 0.2) is 0 Å². The summed E-state index contributed by atoms with van der Waals surface area (Å²) in [4.78, 5) is 16.9. The van der Waals surface area contributed by atoms with Crippen molar-refractivity contribution in [3.05, 3.63) is 0 Å². The molecule has 0 spiro atoms. The molecular weight excluding hydrogens is 238 g/mol. The summed E-state index contributed by atoms with van der Waals surface area (Å²) in [7, 11) is 0. The molecule has 3 aliphatic rings. The van der Waals surface area contributed by atoms with Gasteiger partial charge >= 0.3 is 0 Å². The Bertz CT molecular complexity index is 311. The van der Waals surface area contributed by atoms with E-state index in [9.17, 15) is 4.79 Å². The van der Waals surface area contributed by atoms with Crippen LogP contribution in [0.25, 0.3) is 0 Å². The van der Waals surface area contributed by atoms with Gasteiger partial charge in [-0.05, 0) is 51.6 Å². The zero-order chi connectivity index (χ0) is 13.1. The number of hydrogen-bond acceptors (Lipinski definition) is 3. The summed E-state index contributed by atoms with van der Waals surface area (Å²) >= 11 is 0. The molecule has 1 amide bonds. The molecule has 0 bridgehead atoms. The molecule has 4 heteroatoms. The van der Waals surface area contributed by atoms with Crippen LogP contribution in [0, 0.1) is 0 Å². The van der Waals surface area contributed by atoms with Crippen molar-refractivity contribution in [3.63, 3.8) is 0 Å². The standard InChI is InChI=1S/C15H27N3O/c19-15(7-8-16-13-5-6-13)18-11-3-4-14(12-18)17-9-1-2-10-17/h13-14,16H,1-12H2. The molecule has 1 aliphatic carbocycles. The molecule has 108 valence electrons. The molecule has 3 rings (SSSR count). The number of rotatable bonds is 5. The van der Waals surface area contributed by atoms with Gasteiger partial charge in [0, 0.05) is 38.1 Å². The first-order valence-corrected chi connectivity index (χ1v) is 8.08. The largest absolute Gasteiger partial charge is 0.341 e. The first kappa shape index (κ1) is 13.4. The fourth-order valence-electron chi connectivity index (χ4n) is 3.41. The second-order valence-corrected chi connectivity index (χ2v) is 6.36. The van der Waals surface area contributed by atoms with E-state index < -0.39 is 0 Å². The average Bonchev–Trinajstić information content (AvgIpc) is 3.10. The van der Waals surface area contributed by atoms with E-state index in [1.54, 1.807) is 0 Å². The van der Waals surface area contributed by atoms with Crippen molar-refractivity contribution in [2.45, 2.75) is 57.0 Å². The zero-order valence-corrected chi connectivity index (χ0v) is 11.9. The number of hydrogen-bond donors (Lipinski definition) is 1. The van der Waals surface area contributed by atoms with Crippen LogP contribution in [0.2, 0.25) is 0 Å². The van der Waals surface area contributed by atoms with Gasteiger partial charge in [-0.3, -0.25) is 9.69 Å². The molecule has 0 aromatic heterocycles. The molecule has 1 N–H and O–H groups in total. The fraction of sp³-hybridized carbons (Fsp3) is 0.933. The third-order valence-corrected chi connectivity index (χ3v) is 4.76. The molecule has 0 aromatic rings. The van der Waals surface area contributed by atoms with Gasteiger partial charge in [-0.15, -0.1) is 0 Å². The van der Waals surface area contributed by atoms with Gasteiger partial charge in [-0.25, -0.2) is 0 Å². The zero-order valence-electron chi connectivity index (χ0n) is 11.9. The molecule has 0 radical (unpaired) electrons. The Labute approximate surface area is 116 Å². The second-order valence-electron chi connectivity index (χ2n) is 6.36. The van der Waals surface area contributed by atoms with Gasteiger partial charge in [-0.1, -0.05) is 0 Å². The minimum Gasteiger partial charge on any atom is -0.341 e. The van der Waals surface area contributed by atoms with Crippen LogP contribution >= 0.6 is 0 Å². The Morgan fingerprint density at radius 1 is 1.05 bits per heavy atom. The van der Waals surface area contributed by atoms with E-state index in [2.05, 4.69) is 15.1 Å². The summed E-state index contributed by atoms with van der Waals surface area (Å²) in [5.41, 5.74) is 0. The van der Waals surface area contributed by atoms with Crippen molar-refractivity contribution >= 4 is 5.91 Å². The van der Waals surface area contributed by atoms with Gasteiger partial charge in [0.05, 0.1) is 0 Å². The Morgan fingerprint density at radius 2 is 1.84 bits per heavy atom. The third-order valence-electron chi connectivity index (χ3n) is 4.76. The molecule has 19 heavy (non-hydrogen) atoms. The highest BCUT2D eigenvalue weighted by atomic mass is 16.2. The van der Waals surface area contributed by atoms with Crippen LogP contribution < -0.4 is 5.32 Å². The highest BCUT2D eigenvalue weighted by molar-refractivity contribution is 5.76. The molecule has 2 saturated heterocycles. The van der Waals surface area contributed by atoms with E-state index in [-0.39, 0.29) is 0 Å². The smallest absolute Gasteiger partial charge is 0.223 e. The SMILES string of the molecule is O=C(CCNC1CC1)N1CCCC(N2CCCC2)C1. The van der Waals surface area contributed by atoms with E-state index in [4.69, 9.17) is 0 Å². The molecule has 1 unspecified atom stereocenters. The lowest BCUT2D eigenvalue weighted by molar-refractivity contribution is -0.133. The molecule has 4 nitrogen and oxygen atoms in total. The van der Waals surface area contributed by atoms with E-state index >= 15 is 0 Å². The van der Waals surface area contributed by atoms with Crippen molar-refractivity contribution in [1.29, 1.82) is 0 Å². The lowest BCUT2D eigenvalue weighted by atomic mass is 10.0. The Morgan fingerprint density at radius 3 is 2.58 bits per heavy atom. The minimum atomic E-state index is 0.358. The first-order valence-electron chi connectivity index (χ1n) is 8.08. The summed E-state index contributed by atoms with van der Waals surface area (Å²) < 4.78 is 0. The van der Waals surface area contributed by atoms with Gasteiger partial charge in [-0.2, -0.15) is 0 Å². The lowest BCUT2D eigenvalue weighted by Crippen LogP contribution is -2.49. The maximum atomic E-state index is 12.2. The van der Waals surface area contributed by atoms with Gasteiger partial charge in [0.25, 0.3) is 0 Å². The first-order chi connectivity index (χ1) is 9.33. The van der Waals surface area contributed by atoms with Crippen LogP contribution in [0.4, 0.5) is 0 Å². The van der Waals surface area contributed by atoms with Crippen molar-refractivity contribution in [3.8, 4) is 0 Å². The van der Waals surface area contributed by atoms with Crippen molar-refractivity contribution in [2.24, 2.45) is 0 Å². The van der Waals surface area contributed by atoms with Crippen molar-refractivity contribution < 1.29 is 4.79 Å². The van der Waals surface area contributed by atoms with E-state index in [1.807, 2.05) is 0 Å². The van der Waals surface area contributed by atoms with E-state index in [0.29, 0.717) is 24.4 Å². The van der Waals surface area contributed by atoms with Crippen LogP contribution in [0.3, 0.4) is 0 Å². The van der Waals surface area contributed by atoms with E-state index in [1.165, 1.54) is 51.6 Å². The Balaban J connectivity index is 1.42. The molecular formula is C15H27N3O. The molecule has 2 aliphatic heterocycles. The van der Waals surface area contributed by atoms with Gasteiger partial charge in [0.1, 0.15) is 0 Å². The van der Waals surface area contributed by atoms with Gasteiger partial charge in [0.2, 0.25) is 5.91 Å². The molecule has 0 aromatic carbocycles. The molecule has 3 fully saturated rings. The van der Waals surface area contributed by atoms with Gasteiger partial charge < -0.3 is 10.2 Å². The number of nitrogens with zero attached hydrogens (tertiary/aromatic N) is 2. The fourth-order valence-corrected chi connectivity index (χ4v) is 3.41. The normalized spacial score (nSPS) is 28.8. The topological polar surface area (TPSA) is 35.6 Å². The molecule has 2 heterocycles. The Hall–Kier alpha value is -0.610. The highest BCUT2D eigenvalue weighted by Gasteiger charge is 2.29. The summed E-state index contributed by atoms with van der Waals surface area (Å²) in [5, 5.41) is 3.43. The number of carbonyl (C=O) groups excluding carboxylic acids is 1. The number of piperidine rings is 1.